The molecule has 1 rings (SSSR count). The van der Waals surface area contributed by atoms with Gasteiger partial charge in [0.25, 0.3) is 0 Å². The van der Waals surface area contributed by atoms with Gasteiger partial charge >= 0.3 is 5.97 Å². The summed E-state index contributed by atoms with van der Waals surface area (Å²) in [6.45, 7) is 4.72. The standard InChI is InChI=1S/C11H18N4O2/c1-3-17-10(16)5-4-6-13-9-7-8(2)14-11(12)15-9/h7H,3-6H2,1-2H3,(H3,12,13,14,15). The first-order valence-electron chi connectivity index (χ1n) is 5.62. The molecule has 0 aliphatic rings. The number of ether oxygens (including phenoxy) is 1. The van der Waals surface area contributed by atoms with Crippen LogP contribution in [0.4, 0.5) is 11.8 Å². The summed E-state index contributed by atoms with van der Waals surface area (Å²) in [6.07, 6.45) is 1.10. The zero-order valence-corrected chi connectivity index (χ0v) is 10.2. The van der Waals surface area contributed by atoms with Crippen molar-refractivity contribution in [2.45, 2.75) is 26.7 Å². The van der Waals surface area contributed by atoms with E-state index in [1.165, 1.54) is 0 Å². The number of carbonyl (C=O) groups is 1. The lowest BCUT2D eigenvalue weighted by molar-refractivity contribution is -0.143. The number of hydrogen-bond donors (Lipinski definition) is 2. The Hall–Kier alpha value is -1.85. The van der Waals surface area contributed by atoms with E-state index < -0.39 is 0 Å². The Bertz CT molecular complexity index is 361. The second-order valence-electron chi connectivity index (χ2n) is 3.59. The van der Waals surface area contributed by atoms with Crippen LogP contribution in [0.15, 0.2) is 6.07 Å². The van der Waals surface area contributed by atoms with E-state index in [4.69, 9.17) is 10.5 Å². The Kier molecular flexibility index (Phi) is 5.19. The van der Waals surface area contributed by atoms with E-state index >= 15 is 0 Å². The minimum absolute atomic E-state index is 0.173. The number of esters is 1. The third-order valence-electron chi connectivity index (χ3n) is 2.04. The fourth-order valence-electron chi connectivity index (χ4n) is 1.36. The molecule has 1 heterocycles. The molecule has 0 saturated heterocycles. The molecule has 0 saturated carbocycles. The highest BCUT2D eigenvalue weighted by Gasteiger charge is 2.02. The Labute approximate surface area is 101 Å². The third kappa shape index (κ3) is 5.14. The molecule has 6 heteroatoms. The van der Waals surface area contributed by atoms with E-state index in [9.17, 15) is 4.79 Å². The van der Waals surface area contributed by atoms with Gasteiger partial charge < -0.3 is 15.8 Å². The Morgan fingerprint density at radius 1 is 1.53 bits per heavy atom. The molecular weight excluding hydrogens is 220 g/mol. The number of nitrogen functional groups attached to an aromatic ring is 1. The van der Waals surface area contributed by atoms with Gasteiger partial charge in [-0.1, -0.05) is 0 Å². The fraction of sp³-hybridized carbons (Fsp3) is 0.545. The summed E-state index contributed by atoms with van der Waals surface area (Å²) in [5, 5.41) is 3.08. The zero-order chi connectivity index (χ0) is 12.7. The minimum Gasteiger partial charge on any atom is -0.466 e. The first-order valence-corrected chi connectivity index (χ1v) is 5.62. The summed E-state index contributed by atoms with van der Waals surface area (Å²) in [5.41, 5.74) is 6.33. The maximum atomic E-state index is 11.1. The number of nitrogens with two attached hydrogens (primary N) is 1. The molecule has 0 bridgehead atoms. The molecule has 6 nitrogen and oxygen atoms in total. The SMILES string of the molecule is CCOC(=O)CCCNc1cc(C)nc(N)n1. The number of carbonyl (C=O) groups excluding carboxylic acids is 1. The van der Waals surface area contributed by atoms with Crippen LogP contribution >= 0.6 is 0 Å². The van der Waals surface area contributed by atoms with Gasteiger partial charge in [0.15, 0.2) is 0 Å². The maximum Gasteiger partial charge on any atom is 0.305 e. The van der Waals surface area contributed by atoms with Gasteiger partial charge in [-0.05, 0) is 20.3 Å². The van der Waals surface area contributed by atoms with Gasteiger partial charge in [-0.3, -0.25) is 4.79 Å². The summed E-state index contributed by atoms with van der Waals surface area (Å²) in [5.74, 6) is 0.754. The Morgan fingerprint density at radius 2 is 2.29 bits per heavy atom. The average Bonchev–Trinajstić information content (AvgIpc) is 2.23. The number of aryl methyl sites for hydroxylation is 1. The molecule has 0 spiro atoms. The van der Waals surface area contributed by atoms with E-state index in [1.54, 1.807) is 13.0 Å². The van der Waals surface area contributed by atoms with Crippen LogP contribution in [0, 0.1) is 6.92 Å². The molecule has 0 fully saturated rings. The van der Waals surface area contributed by atoms with Crippen LogP contribution in [0.3, 0.4) is 0 Å². The highest BCUT2D eigenvalue weighted by molar-refractivity contribution is 5.69. The van der Waals surface area contributed by atoms with Crippen molar-refractivity contribution in [3.05, 3.63) is 11.8 Å². The Balaban J connectivity index is 2.28. The summed E-state index contributed by atoms with van der Waals surface area (Å²) in [7, 11) is 0. The van der Waals surface area contributed by atoms with Gasteiger partial charge in [-0.25, -0.2) is 4.98 Å². The second kappa shape index (κ2) is 6.67. The number of aromatic nitrogens is 2. The Morgan fingerprint density at radius 3 is 2.94 bits per heavy atom. The average molecular weight is 238 g/mol. The lowest BCUT2D eigenvalue weighted by Crippen LogP contribution is -2.10. The highest BCUT2D eigenvalue weighted by Crippen LogP contribution is 2.07. The summed E-state index contributed by atoms with van der Waals surface area (Å²) in [4.78, 5) is 19.1. The first-order chi connectivity index (χ1) is 8.11. The molecule has 1 aromatic rings. The van der Waals surface area contributed by atoms with Crippen LogP contribution < -0.4 is 11.1 Å². The molecule has 0 atom stereocenters. The zero-order valence-electron chi connectivity index (χ0n) is 10.2. The van der Waals surface area contributed by atoms with Gasteiger partial charge in [-0.15, -0.1) is 0 Å². The lowest BCUT2D eigenvalue weighted by atomic mass is 10.3. The number of anilines is 2. The van der Waals surface area contributed by atoms with Crippen LogP contribution in [-0.2, 0) is 9.53 Å². The van der Waals surface area contributed by atoms with Gasteiger partial charge in [0, 0.05) is 24.7 Å². The van der Waals surface area contributed by atoms with E-state index in [0.717, 1.165) is 5.69 Å². The molecule has 0 unspecified atom stereocenters. The van der Waals surface area contributed by atoms with Crippen molar-refractivity contribution in [3.63, 3.8) is 0 Å². The van der Waals surface area contributed by atoms with Crippen molar-refractivity contribution in [2.24, 2.45) is 0 Å². The first kappa shape index (κ1) is 13.2. The van der Waals surface area contributed by atoms with Crippen LogP contribution in [0.2, 0.25) is 0 Å². The van der Waals surface area contributed by atoms with Crippen LogP contribution in [0.25, 0.3) is 0 Å². The van der Waals surface area contributed by atoms with Crippen molar-refractivity contribution >= 4 is 17.7 Å². The molecule has 0 amide bonds. The number of rotatable bonds is 6. The number of nitrogens with zero attached hydrogens (tertiary/aromatic N) is 2. The van der Waals surface area contributed by atoms with Crippen molar-refractivity contribution in [3.8, 4) is 0 Å². The maximum absolute atomic E-state index is 11.1. The predicted molar refractivity (Wildman–Crippen MR) is 65.5 cm³/mol. The monoisotopic (exact) mass is 238 g/mol. The quantitative estimate of drug-likeness (QED) is 0.570. The largest absolute Gasteiger partial charge is 0.466 e. The predicted octanol–water partition coefficient (Wildman–Crippen LogP) is 1.12. The smallest absolute Gasteiger partial charge is 0.305 e. The third-order valence-corrected chi connectivity index (χ3v) is 2.04. The molecule has 94 valence electrons. The van der Waals surface area contributed by atoms with Crippen molar-refractivity contribution in [1.29, 1.82) is 0 Å². The van der Waals surface area contributed by atoms with Gasteiger partial charge in [0.05, 0.1) is 6.61 Å². The molecular formula is C11H18N4O2. The van der Waals surface area contributed by atoms with Crippen LogP contribution in [0.1, 0.15) is 25.5 Å². The molecule has 1 aromatic heterocycles. The van der Waals surface area contributed by atoms with E-state index in [1.807, 2.05) is 6.92 Å². The van der Waals surface area contributed by atoms with Crippen LogP contribution in [0.5, 0.6) is 0 Å². The van der Waals surface area contributed by atoms with Crippen molar-refractivity contribution in [1.82, 2.24) is 9.97 Å². The van der Waals surface area contributed by atoms with E-state index in [-0.39, 0.29) is 11.9 Å². The van der Waals surface area contributed by atoms with Gasteiger partial charge in [0.2, 0.25) is 5.95 Å². The van der Waals surface area contributed by atoms with Gasteiger partial charge in [0.1, 0.15) is 5.82 Å². The van der Waals surface area contributed by atoms with E-state index in [0.29, 0.717) is 31.8 Å². The fourth-order valence-corrected chi connectivity index (χ4v) is 1.36. The molecule has 0 aliphatic heterocycles. The minimum atomic E-state index is -0.173. The molecule has 0 aromatic carbocycles. The highest BCUT2D eigenvalue weighted by atomic mass is 16.5. The summed E-state index contributed by atoms with van der Waals surface area (Å²) >= 11 is 0. The lowest BCUT2D eigenvalue weighted by Gasteiger charge is -2.06. The van der Waals surface area contributed by atoms with Crippen molar-refractivity contribution < 1.29 is 9.53 Å². The number of nitrogens with one attached hydrogen (secondary N) is 1. The normalized spacial score (nSPS) is 10.0. The van der Waals surface area contributed by atoms with Crippen LogP contribution in [-0.4, -0.2) is 29.1 Å². The van der Waals surface area contributed by atoms with Gasteiger partial charge in [-0.2, -0.15) is 4.98 Å². The second-order valence-corrected chi connectivity index (χ2v) is 3.59. The summed E-state index contributed by atoms with van der Waals surface area (Å²) in [6, 6.07) is 1.81. The van der Waals surface area contributed by atoms with E-state index in [2.05, 4.69) is 15.3 Å². The molecule has 3 N–H and O–H groups in total. The molecule has 0 radical (unpaired) electrons. The summed E-state index contributed by atoms with van der Waals surface area (Å²) < 4.78 is 4.82. The van der Waals surface area contributed by atoms with Crippen molar-refractivity contribution in [2.75, 3.05) is 24.2 Å². The molecule has 0 aliphatic carbocycles. The molecule has 17 heavy (non-hydrogen) atoms. The topological polar surface area (TPSA) is 90.1 Å². The number of hydrogen-bond acceptors (Lipinski definition) is 6.